The van der Waals surface area contributed by atoms with E-state index in [1.807, 2.05) is 23.9 Å². The Bertz CT molecular complexity index is 485. The number of hydrogen-bond donors (Lipinski definition) is 1. The van der Waals surface area contributed by atoms with Crippen molar-refractivity contribution in [3.05, 3.63) is 52.4 Å². The number of nitrogens with one attached hydrogen (secondary N) is 1. The molecule has 1 N–H and O–H groups in total. The zero-order valence-corrected chi connectivity index (χ0v) is 12.7. The van der Waals surface area contributed by atoms with Gasteiger partial charge in [0.15, 0.2) is 0 Å². The molecule has 1 aromatic heterocycles. The summed E-state index contributed by atoms with van der Waals surface area (Å²) >= 11 is 5.33. The van der Waals surface area contributed by atoms with Gasteiger partial charge in [-0.1, -0.05) is 22.9 Å². The molecule has 0 spiro atoms. The predicted octanol–water partition coefficient (Wildman–Crippen LogP) is 4.44. The minimum atomic E-state index is 0.869. The minimum absolute atomic E-state index is 0.869. The van der Waals surface area contributed by atoms with Gasteiger partial charge in [0, 0.05) is 15.9 Å². The zero-order chi connectivity index (χ0) is 12.8. The van der Waals surface area contributed by atoms with E-state index in [0.717, 1.165) is 29.1 Å². The van der Waals surface area contributed by atoms with E-state index in [1.165, 1.54) is 10.5 Å². The molecular formula is C14H16BrNOS. The largest absolute Gasteiger partial charge is 0.468 e. The average Bonchev–Trinajstić information content (AvgIpc) is 2.88. The van der Waals surface area contributed by atoms with Crippen LogP contribution in [-0.2, 0) is 12.3 Å². The van der Waals surface area contributed by atoms with Crippen LogP contribution in [0.15, 0.2) is 50.4 Å². The Balaban J connectivity index is 2.05. The molecule has 96 valence electrons. The van der Waals surface area contributed by atoms with Crippen molar-refractivity contribution in [2.45, 2.75) is 24.1 Å². The van der Waals surface area contributed by atoms with Gasteiger partial charge in [0.25, 0.3) is 0 Å². The maximum Gasteiger partial charge on any atom is 0.113 e. The van der Waals surface area contributed by atoms with Gasteiger partial charge in [0.2, 0.25) is 0 Å². The van der Waals surface area contributed by atoms with Crippen LogP contribution in [0.1, 0.15) is 18.2 Å². The second kappa shape index (κ2) is 7.02. The van der Waals surface area contributed by atoms with Crippen molar-refractivity contribution in [2.24, 2.45) is 0 Å². The molecule has 0 unspecified atom stereocenters. The topological polar surface area (TPSA) is 25.2 Å². The highest BCUT2D eigenvalue weighted by Gasteiger charge is 2.05. The Labute approximate surface area is 120 Å². The van der Waals surface area contributed by atoms with Crippen molar-refractivity contribution in [3.8, 4) is 0 Å². The Kier molecular flexibility index (Phi) is 5.35. The monoisotopic (exact) mass is 325 g/mol. The van der Waals surface area contributed by atoms with Crippen LogP contribution in [0.5, 0.6) is 0 Å². The number of rotatable bonds is 6. The van der Waals surface area contributed by atoms with Gasteiger partial charge >= 0.3 is 0 Å². The van der Waals surface area contributed by atoms with Gasteiger partial charge in [-0.2, -0.15) is 0 Å². The molecule has 0 atom stereocenters. The quantitative estimate of drug-likeness (QED) is 0.794. The lowest BCUT2D eigenvalue weighted by molar-refractivity contribution is 0.530. The van der Waals surface area contributed by atoms with Crippen LogP contribution in [0.4, 0.5) is 0 Å². The van der Waals surface area contributed by atoms with Gasteiger partial charge in [0.05, 0.1) is 12.0 Å². The number of benzene rings is 1. The summed E-state index contributed by atoms with van der Waals surface area (Å²) in [5.41, 5.74) is 1.32. The molecule has 0 radical (unpaired) electrons. The summed E-state index contributed by atoms with van der Waals surface area (Å²) < 4.78 is 6.48. The molecule has 0 aliphatic heterocycles. The lowest BCUT2D eigenvalue weighted by Crippen LogP contribution is -2.12. The number of halogens is 1. The Morgan fingerprint density at radius 2 is 2.22 bits per heavy atom. The maximum atomic E-state index is 5.35. The smallest absolute Gasteiger partial charge is 0.113 e. The van der Waals surface area contributed by atoms with Crippen LogP contribution in [-0.4, -0.2) is 6.54 Å². The first-order valence-corrected chi connectivity index (χ1v) is 7.71. The van der Waals surface area contributed by atoms with Crippen molar-refractivity contribution in [1.82, 2.24) is 5.32 Å². The molecule has 0 saturated heterocycles. The molecule has 0 aliphatic rings. The molecule has 2 nitrogen and oxygen atoms in total. The third-order valence-electron chi connectivity index (χ3n) is 2.54. The standard InChI is InChI=1S/C14H16BrNOS/c1-2-16-9-11-8-12(15)5-6-14(11)18-10-13-4-3-7-17-13/h3-8,16H,2,9-10H2,1H3. The normalized spacial score (nSPS) is 10.8. The third-order valence-corrected chi connectivity index (χ3v) is 4.17. The van der Waals surface area contributed by atoms with Crippen LogP contribution < -0.4 is 5.32 Å². The molecule has 0 fully saturated rings. The highest BCUT2D eigenvalue weighted by Crippen LogP contribution is 2.28. The Morgan fingerprint density at radius 3 is 2.94 bits per heavy atom. The van der Waals surface area contributed by atoms with E-state index in [0.29, 0.717) is 0 Å². The van der Waals surface area contributed by atoms with E-state index in [4.69, 9.17) is 4.42 Å². The first kappa shape index (κ1) is 13.7. The van der Waals surface area contributed by atoms with Gasteiger partial charge in [-0.15, -0.1) is 11.8 Å². The summed E-state index contributed by atoms with van der Waals surface area (Å²) in [4.78, 5) is 1.30. The zero-order valence-electron chi connectivity index (χ0n) is 10.3. The Morgan fingerprint density at radius 1 is 1.33 bits per heavy atom. The fourth-order valence-electron chi connectivity index (χ4n) is 1.63. The first-order chi connectivity index (χ1) is 8.79. The summed E-state index contributed by atoms with van der Waals surface area (Å²) in [7, 11) is 0. The summed E-state index contributed by atoms with van der Waals surface area (Å²) in [5.74, 6) is 1.88. The summed E-state index contributed by atoms with van der Waals surface area (Å²) in [5, 5.41) is 3.37. The molecule has 0 amide bonds. The van der Waals surface area contributed by atoms with Gasteiger partial charge in [0.1, 0.15) is 5.76 Å². The molecule has 1 heterocycles. The second-order valence-electron chi connectivity index (χ2n) is 3.90. The first-order valence-electron chi connectivity index (χ1n) is 5.94. The van der Waals surface area contributed by atoms with E-state index in [1.54, 1.807) is 6.26 Å². The molecule has 2 aromatic rings. The average molecular weight is 326 g/mol. The van der Waals surface area contributed by atoms with Crippen molar-refractivity contribution >= 4 is 27.7 Å². The lowest BCUT2D eigenvalue weighted by Gasteiger charge is -2.09. The Hall–Kier alpha value is -0.710. The molecule has 0 aliphatic carbocycles. The van der Waals surface area contributed by atoms with Gasteiger partial charge < -0.3 is 9.73 Å². The predicted molar refractivity (Wildman–Crippen MR) is 79.8 cm³/mol. The van der Waals surface area contributed by atoms with Gasteiger partial charge in [-0.3, -0.25) is 0 Å². The molecule has 2 rings (SSSR count). The third kappa shape index (κ3) is 3.90. The maximum absolute atomic E-state index is 5.35. The molecule has 18 heavy (non-hydrogen) atoms. The van der Waals surface area contributed by atoms with E-state index in [9.17, 15) is 0 Å². The van der Waals surface area contributed by atoms with Crippen LogP contribution in [0, 0.1) is 0 Å². The van der Waals surface area contributed by atoms with Crippen LogP contribution in [0.2, 0.25) is 0 Å². The summed E-state index contributed by atoms with van der Waals surface area (Å²) in [6.45, 7) is 4.00. The summed E-state index contributed by atoms with van der Waals surface area (Å²) in [6.07, 6.45) is 1.72. The summed E-state index contributed by atoms with van der Waals surface area (Å²) in [6, 6.07) is 10.4. The van der Waals surface area contributed by atoms with Crippen LogP contribution >= 0.6 is 27.7 Å². The van der Waals surface area contributed by atoms with Gasteiger partial charge in [-0.05, 0) is 42.4 Å². The molecule has 0 bridgehead atoms. The molecule has 4 heteroatoms. The van der Waals surface area contributed by atoms with Crippen LogP contribution in [0.25, 0.3) is 0 Å². The number of thioether (sulfide) groups is 1. The fraction of sp³-hybridized carbons (Fsp3) is 0.286. The SMILES string of the molecule is CCNCc1cc(Br)ccc1SCc1ccco1. The van der Waals surface area contributed by atoms with Crippen molar-refractivity contribution in [3.63, 3.8) is 0 Å². The highest BCUT2D eigenvalue weighted by molar-refractivity contribution is 9.10. The lowest BCUT2D eigenvalue weighted by atomic mass is 10.2. The van der Waals surface area contributed by atoms with E-state index < -0.39 is 0 Å². The highest BCUT2D eigenvalue weighted by atomic mass is 79.9. The molecule has 1 aromatic carbocycles. The van der Waals surface area contributed by atoms with E-state index >= 15 is 0 Å². The number of furan rings is 1. The fourth-order valence-corrected chi connectivity index (χ4v) is 2.98. The van der Waals surface area contributed by atoms with Crippen molar-refractivity contribution < 1.29 is 4.42 Å². The van der Waals surface area contributed by atoms with Crippen LogP contribution in [0.3, 0.4) is 0 Å². The van der Waals surface area contributed by atoms with Crippen molar-refractivity contribution in [2.75, 3.05) is 6.54 Å². The number of hydrogen-bond acceptors (Lipinski definition) is 3. The second-order valence-corrected chi connectivity index (χ2v) is 5.83. The van der Waals surface area contributed by atoms with E-state index in [2.05, 4.69) is 46.4 Å². The minimum Gasteiger partial charge on any atom is -0.468 e. The van der Waals surface area contributed by atoms with Crippen molar-refractivity contribution in [1.29, 1.82) is 0 Å². The van der Waals surface area contributed by atoms with Gasteiger partial charge in [-0.25, -0.2) is 0 Å². The van der Waals surface area contributed by atoms with E-state index in [-0.39, 0.29) is 0 Å². The molecule has 0 saturated carbocycles. The molecular weight excluding hydrogens is 310 g/mol.